The molecular weight excluding hydrogens is 174 g/mol. The summed E-state index contributed by atoms with van der Waals surface area (Å²) in [4.78, 5) is 1.86. The van der Waals surface area contributed by atoms with E-state index in [-0.39, 0.29) is 6.54 Å². The number of hydrogen-bond donors (Lipinski definition) is 1. The fourth-order valence-electron chi connectivity index (χ4n) is 1.62. The van der Waals surface area contributed by atoms with Gasteiger partial charge in [-0.2, -0.15) is 0 Å². The molecule has 1 aliphatic rings. The van der Waals surface area contributed by atoms with Crippen LogP contribution in [-0.4, -0.2) is 43.5 Å². The second-order valence-corrected chi connectivity index (χ2v) is 3.69. The number of alkyl halides is 2. The Bertz CT molecular complexity index is 142. The summed E-state index contributed by atoms with van der Waals surface area (Å²) < 4.78 is 24.2. The molecule has 1 saturated heterocycles. The van der Waals surface area contributed by atoms with Crippen LogP contribution in [0.25, 0.3) is 0 Å². The van der Waals surface area contributed by atoms with E-state index < -0.39 is 6.43 Å². The van der Waals surface area contributed by atoms with Crippen LogP contribution >= 0.6 is 0 Å². The van der Waals surface area contributed by atoms with Crippen LogP contribution < -0.4 is 5.32 Å². The summed E-state index contributed by atoms with van der Waals surface area (Å²) in [5.74, 6) is 0. The molecule has 1 heterocycles. The number of halogens is 2. The zero-order valence-electron chi connectivity index (χ0n) is 8.10. The maximum absolute atomic E-state index is 12.1. The number of nitrogens with zero attached hydrogens (tertiary/aromatic N) is 1. The minimum absolute atomic E-state index is 0.0628. The smallest absolute Gasteiger partial charge is 0.251 e. The third kappa shape index (κ3) is 4.52. The third-order valence-corrected chi connectivity index (χ3v) is 2.42. The van der Waals surface area contributed by atoms with Crippen molar-refractivity contribution in [2.75, 3.05) is 26.2 Å². The van der Waals surface area contributed by atoms with Crippen LogP contribution in [-0.2, 0) is 0 Å². The first-order chi connectivity index (χ1) is 6.18. The molecule has 0 aliphatic carbocycles. The Labute approximate surface area is 78.3 Å². The van der Waals surface area contributed by atoms with Gasteiger partial charge in [-0.1, -0.05) is 0 Å². The molecular formula is C9H18F2N2. The minimum atomic E-state index is -2.19. The van der Waals surface area contributed by atoms with Gasteiger partial charge in [0.05, 0.1) is 6.54 Å². The molecule has 1 fully saturated rings. The average Bonchev–Trinajstić information content (AvgIpc) is 2.03. The Balaban J connectivity index is 2.28. The Morgan fingerprint density at radius 3 is 2.92 bits per heavy atom. The predicted molar refractivity (Wildman–Crippen MR) is 49.1 cm³/mol. The summed E-state index contributed by atoms with van der Waals surface area (Å²) in [5.41, 5.74) is 0. The first kappa shape index (κ1) is 10.9. The van der Waals surface area contributed by atoms with Gasteiger partial charge in [-0.25, -0.2) is 8.78 Å². The van der Waals surface area contributed by atoms with Gasteiger partial charge in [0.15, 0.2) is 0 Å². The zero-order chi connectivity index (χ0) is 9.68. The normalized spacial score (nSPS) is 27.2. The van der Waals surface area contributed by atoms with Crippen molar-refractivity contribution < 1.29 is 8.78 Å². The SMILES string of the molecule is CC1CCN(CC(F)F)CCCN1. The monoisotopic (exact) mass is 192 g/mol. The Hall–Kier alpha value is -0.220. The van der Waals surface area contributed by atoms with E-state index in [9.17, 15) is 8.78 Å². The molecule has 0 bridgehead atoms. The Kier molecular flexibility index (Phi) is 4.59. The lowest BCUT2D eigenvalue weighted by molar-refractivity contribution is 0.0828. The highest BCUT2D eigenvalue weighted by molar-refractivity contribution is 4.70. The van der Waals surface area contributed by atoms with Crippen molar-refractivity contribution in [2.24, 2.45) is 0 Å². The van der Waals surface area contributed by atoms with E-state index in [0.717, 1.165) is 32.5 Å². The van der Waals surface area contributed by atoms with Crippen molar-refractivity contribution in [1.82, 2.24) is 10.2 Å². The fourth-order valence-corrected chi connectivity index (χ4v) is 1.62. The molecule has 0 radical (unpaired) electrons. The lowest BCUT2D eigenvalue weighted by atomic mass is 10.2. The van der Waals surface area contributed by atoms with Crippen LogP contribution in [0.1, 0.15) is 19.8 Å². The van der Waals surface area contributed by atoms with Crippen LogP contribution in [0.4, 0.5) is 8.78 Å². The largest absolute Gasteiger partial charge is 0.314 e. The molecule has 13 heavy (non-hydrogen) atoms. The van der Waals surface area contributed by atoms with Gasteiger partial charge in [0.1, 0.15) is 0 Å². The molecule has 0 spiro atoms. The van der Waals surface area contributed by atoms with Crippen molar-refractivity contribution in [3.8, 4) is 0 Å². The van der Waals surface area contributed by atoms with Gasteiger partial charge in [-0.15, -0.1) is 0 Å². The number of hydrogen-bond acceptors (Lipinski definition) is 2. The standard InChI is InChI=1S/C9H18F2N2/c1-8-3-6-13(7-9(10)11)5-2-4-12-8/h8-9,12H,2-7H2,1H3. The molecule has 1 unspecified atom stereocenters. The Morgan fingerprint density at radius 2 is 2.23 bits per heavy atom. The molecule has 2 nitrogen and oxygen atoms in total. The average molecular weight is 192 g/mol. The van der Waals surface area contributed by atoms with Crippen LogP contribution in [0.15, 0.2) is 0 Å². The maximum Gasteiger partial charge on any atom is 0.251 e. The topological polar surface area (TPSA) is 15.3 Å². The Morgan fingerprint density at radius 1 is 1.46 bits per heavy atom. The van der Waals surface area contributed by atoms with E-state index >= 15 is 0 Å². The van der Waals surface area contributed by atoms with Crippen molar-refractivity contribution in [1.29, 1.82) is 0 Å². The molecule has 1 aliphatic heterocycles. The fraction of sp³-hybridized carbons (Fsp3) is 1.00. The molecule has 0 aromatic heterocycles. The molecule has 1 atom stereocenters. The van der Waals surface area contributed by atoms with E-state index in [1.165, 1.54) is 0 Å². The predicted octanol–water partition coefficient (Wildman–Crippen LogP) is 1.33. The molecule has 0 aromatic rings. The summed E-state index contributed by atoms with van der Waals surface area (Å²) in [6.07, 6.45) is -0.258. The van der Waals surface area contributed by atoms with Crippen molar-refractivity contribution >= 4 is 0 Å². The van der Waals surface area contributed by atoms with E-state index in [1.54, 1.807) is 0 Å². The van der Waals surface area contributed by atoms with E-state index in [2.05, 4.69) is 12.2 Å². The lowest BCUT2D eigenvalue weighted by Gasteiger charge is -2.27. The van der Waals surface area contributed by atoms with E-state index in [1.807, 2.05) is 4.90 Å². The van der Waals surface area contributed by atoms with Gasteiger partial charge < -0.3 is 5.32 Å². The molecule has 4 heteroatoms. The highest BCUT2D eigenvalue weighted by atomic mass is 19.3. The molecule has 1 rings (SSSR count). The number of nitrogens with one attached hydrogen (secondary N) is 1. The lowest BCUT2D eigenvalue weighted by Crippen LogP contribution is -2.40. The van der Waals surface area contributed by atoms with Gasteiger partial charge in [-0.05, 0) is 39.4 Å². The first-order valence-electron chi connectivity index (χ1n) is 4.92. The molecule has 0 aromatic carbocycles. The van der Waals surface area contributed by atoms with Gasteiger partial charge in [0.2, 0.25) is 0 Å². The third-order valence-electron chi connectivity index (χ3n) is 2.42. The second-order valence-electron chi connectivity index (χ2n) is 3.69. The maximum atomic E-state index is 12.1. The van der Waals surface area contributed by atoms with Gasteiger partial charge in [0, 0.05) is 6.04 Å². The first-order valence-corrected chi connectivity index (χ1v) is 4.92. The molecule has 0 saturated carbocycles. The van der Waals surface area contributed by atoms with Crippen LogP contribution in [0.2, 0.25) is 0 Å². The highest BCUT2D eigenvalue weighted by Gasteiger charge is 2.14. The van der Waals surface area contributed by atoms with Crippen molar-refractivity contribution in [3.05, 3.63) is 0 Å². The van der Waals surface area contributed by atoms with E-state index in [0.29, 0.717) is 6.04 Å². The van der Waals surface area contributed by atoms with Crippen molar-refractivity contribution in [2.45, 2.75) is 32.2 Å². The zero-order valence-corrected chi connectivity index (χ0v) is 8.10. The summed E-state index contributed by atoms with van der Waals surface area (Å²) in [6.45, 7) is 4.57. The summed E-state index contributed by atoms with van der Waals surface area (Å²) in [7, 11) is 0. The van der Waals surface area contributed by atoms with Crippen LogP contribution in [0, 0.1) is 0 Å². The van der Waals surface area contributed by atoms with Crippen molar-refractivity contribution in [3.63, 3.8) is 0 Å². The summed E-state index contributed by atoms with van der Waals surface area (Å²) in [5, 5.41) is 3.34. The van der Waals surface area contributed by atoms with Crippen LogP contribution in [0.3, 0.4) is 0 Å². The summed E-state index contributed by atoms with van der Waals surface area (Å²) >= 11 is 0. The van der Waals surface area contributed by atoms with E-state index in [4.69, 9.17) is 0 Å². The van der Waals surface area contributed by atoms with Crippen LogP contribution in [0.5, 0.6) is 0 Å². The van der Waals surface area contributed by atoms with Gasteiger partial charge >= 0.3 is 0 Å². The highest BCUT2D eigenvalue weighted by Crippen LogP contribution is 2.04. The molecule has 1 N–H and O–H groups in total. The summed E-state index contributed by atoms with van der Waals surface area (Å²) in [6, 6.07) is 0.459. The minimum Gasteiger partial charge on any atom is -0.314 e. The van der Waals surface area contributed by atoms with Gasteiger partial charge in [-0.3, -0.25) is 4.90 Å². The van der Waals surface area contributed by atoms with Gasteiger partial charge in [0.25, 0.3) is 6.43 Å². The second kappa shape index (κ2) is 5.50. The molecule has 0 amide bonds. The number of rotatable bonds is 2. The molecule has 78 valence electrons. The quantitative estimate of drug-likeness (QED) is 0.710.